The average molecular weight is 284 g/mol. The number of ether oxygens (including phenoxy) is 1. The number of methoxy groups -OCH3 is 1. The van der Waals surface area contributed by atoms with Gasteiger partial charge in [-0.25, -0.2) is 9.97 Å². The van der Waals surface area contributed by atoms with Crippen LogP contribution < -0.4 is 15.4 Å². The summed E-state index contributed by atoms with van der Waals surface area (Å²) in [5, 5.41) is 6.46. The highest BCUT2D eigenvalue weighted by molar-refractivity contribution is 5.48. The molecule has 0 aliphatic heterocycles. The van der Waals surface area contributed by atoms with E-state index in [9.17, 15) is 0 Å². The number of rotatable bonds is 7. The number of nitrogens with zero attached hydrogens (tertiary/aromatic N) is 2. The first kappa shape index (κ1) is 14.8. The largest absolute Gasteiger partial charge is 0.497 e. The van der Waals surface area contributed by atoms with E-state index in [0.29, 0.717) is 13.1 Å². The second-order valence-electron chi connectivity index (χ2n) is 4.56. The predicted octanol–water partition coefficient (Wildman–Crippen LogP) is 3.00. The van der Waals surface area contributed by atoms with Crippen LogP contribution >= 0.6 is 0 Å². The van der Waals surface area contributed by atoms with Crippen molar-refractivity contribution in [3.05, 3.63) is 54.4 Å². The Kier molecular flexibility index (Phi) is 5.15. The standard InChI is InChI=1S/C16H20N4O/c1-4-9-17-15-10-16(20-12(2)19-15)18-11-13-5-7-14(21-3)8-6-13/h4-8,10H,1,9,11H2,2-3H3,(H2,17,18,19,20). The van der Waals surface area contributed by atoms with E-state index in [1.54, 1.807) is 13.2 Å². The van der Waals surface area contributed by atoms with Gasteiger partial charge in [-0.3, -0.25) is 0 Å². The molecule has 5 heteroatoms. The molecule has 0 aliphatic rings. The van der Waals surface area contributed by atoms with Crippen LogP contribution in [0.2, 0.25) is 0 Å². The highest BCUT2D eigenvalue weighted by Crippen LogP contribution is 2.14. The smallest absolute Gasteiger partial charge is 0.132 e. The van der Waals surface area contributed by atoms with Crippen molar-refractivity contribution < 1.29 is 4.74 Å². The Morgan fingerprint density at radius 1 is 1.14 bits per heavy atom. The van der Waals surface area contributed by atoms with Gasteiger partial charge in [0.1, 0.15) is 23.2 Å². The van der Waals surface area contributed by atoms with E-state index < -0.39 is 0 Å². The van der Waals surface area contributed by atoms with Crippen LogP contribution in [0.5, 0.6) is 5.75 Å². The normalized spacial score (nSPS) is 10.0. The molecule has 0 fully saturated rings. The molecule has 21 heavy (non-hydrogen) atoms. The van der Waals surface area contributed by atoms with Gasteiger partial charge in [0.25, 0.3) is 0 Å². The molecule has 110 valence electrons. The average Bonchev–Trinajstić information content (AvgIpc) is 2.51. The molecule has 0 spiro atoms. The van der Waals surface area contributed by atoms with Crippen LogP contribution in [0.1, 0.15) is 11.4 Å². The molecular formula is C16H20N4O. The van der Waals surface area contributed by atoms with Crippen LogP contribution in [0.25, 0.3) is 0 Å². The van der Waals surface area contributed by atoms with Gasteiger partial charge in [-0.2, -0.15) is 0 Å². The Labute approximate surface area is 125 Å². The summed E-state index contributed by atoms with van der Waals surface area (Å²) < 4.78 is 5.14. The third-order valence-corrected chi connectivity index (χ3v) is 2.90. The van der Waals surface area contributed by atoms with E-state index in [-0.39, 0.29) is 0 Å². The molecule has 0 aliphatic carbocycles. The predicted molar refractivity (Wildman–Crippen MR) is 85.8 cm³/mol. The summed E-state index contributed by atoms with van der Waals surface area (Å²) >= 11 is 0. The molecule has 1 heterocycles. The van der Waals surface area contributed by atoms with Gasteiger partial charge in [0.2, 0.25) is 0 Å². The van der Waals surface area contributed by atoms with Gasteiger partial charge in [-0.1, -0.05) is 18.2 Å². The second kappa shape index (κ2) is 7.28. The van der Waals surface area contributed by atoms with Crippen LogP contribution in [-0.4, -0.2) is 23.6 Å². The Morgan fingerprint density at radius 2 is 1.81 bits per heavy atom. The van der Waals surface area contributed by atoms with E-state index in [4.69, 9.17) is 4.74 Å². The van der Waals surface area contributed by atoms with Crippen molar-refractivity contribution >= 4 is 11.6 Å². The maximum Gasteiger partial charge on any atom is 0.132 e. The van der Waals surface area contributed by atoms with Crippen LogP contribution in [0.15, 0.2) is 43.0 Å². The number of aryl methyl sites for hydroxylation is 1. The number of anilines is 2. The summed E-state index contributed by atoms with van der Waals surface area (Å²) in [7, 11) is 1.66. The third kappa shape index (κ3) is 4.49. The second-order valence-corrected chi connectivity index (χ2v) is 4.56. The lowest BCUT2D eigenvalue weighted by atomic mass is 10.2. The van der Waals surface area contributed by atoms with Crippen molar-refractivity contribution in [1.82, 2.24) is 9.97 Å². The molecule has 0 unspecified atom stereocenters. The van der Waals surface area contributed by atoms with E-state index in [0.717, 1.165) is 28.8 Å². The van der Waals surface area contributed by atoms with Crippen LogP contribution in [0.3, 0.4) is 0 Å². The molecule has 1 aromatic heterocycles. The first-order valence-electron chi connectivity index (χ1n) is 6.78. The third-order valence-electron chi connectivity index (χ3n) is 2.90. The summed E-state index contributed by atoms with van der Waals surface area (Å²) in [6.07, 6.45) is 1.79. The fourth-order valence-corrected chi connectivity index (χ4v) is 1.86. The van der Waals surface area contributed by atoms with Crippen molar-refractivity contribution in [2.24, 2.45) is 0 Å². The topological polar surface area (TPSA) is 59.1 Å². The monoisotopic (exact) mass is 284 g/mol. The van der Waals surface area contributed by atoms with Gasteiger partial charge < -0.3 is 15.4 Å². The van der Waals surface area contributed by atoms with Crippen molar-refractivity contribution in [2.45, 2.75) is 13.5 Å². The lowest BCUT2D eigenvalue weighted by Crippen LogP contribution is -2.07. The maximum absolute atomic E-state index is 5.14. The lowest BCUT2D eigenvalue weighted by molar-refractivity contribution is 0.414. The zero-order valence-electron chi connectivity index (χ0n) is 12.4. The molecule has 2 rings (SSSR count). The fraction of sp³-hybridized carbons (Fsp3) is 0.250. The van der Waals surface area contributed by atoms with Gasteiger partial charge in [0.15, 0.2) is 0 Å². The molecule has 0 bridgehead atoms. The molecule has 0 atom stereocenters. The summed E-state index contributed by atoms with van der Waals surface area (Å²) in [6, 6.07) is 9.83. The highest BCUT2D eigenvalue weighted by atomic mass is 16.5. The van der Waals surface area contributed by atoms with Crippen molar-refractivity contribution in [2.75, 3.05) is 24.3 Å². The van der Waals surface area contributed by atoms with Gasteiger partial charge >= 0.3 is 0 Å². The van der Waals surface area contributed by atoms with Crippen molar-refractivity contribution in [3.63, 3.8) is 0 Å². The molecule has 0 saturated heterocycles. The summed E-state index contributed by atoms with van der Waals surface area (Å²) in [6.45, 7) is 6.92. The number of hydrogen-bond donors (Lipinski definition) is 2. The minimum Gasteiger partial charge on any atom is -0.497 e. The highest BCUT2D eigenvalue weighted by Gasteiger charge is 2.01. The Bertz CT molecular complexity index is 596. The lowest BCUT2D eigenvalue weighted by Gasteiger charge is -2.09. The van der Waals surface area contributed by atoms with E-state index in [1.807, 2.05) is 37.3 Å². The number of aromatic nitrogens is 2. The van der Waals surface area contributed by atoms with Crippen molar-refractivity contribution in [3.8, 4) is 5.75 Å². The number of benzene rings is 1. The Balaban J connectivity index is 2.01. The van der Waals surface area contributed by atoms with Gasteiger partial charge in [-0.15, -0.1) is 6.58 Å². The van der Waals surface area contributed by atoms with Crippen LogP contribution in [-0.2, 0) is 6.54 Å². The first-order valence-corrected chi connectivity index (χ1v) is 6.78. The molecular weight excluding hydrogens is 264 g/mol. The molecule has 0 saturated carbocycles. The molecule has 1 aromatic carbocycles. The molecule has 0 radical (unpaired) electrons. The van der Waals surface area contributed by atoms with Crippen molar-refractivity contribution in [1.29, 1.82) is 0 Å². The SMILES string of the molecule is C=CCNc1cc(NCc2ccc(OC)cc2)nc(C)n1. The zero-order chi connectivity index (χ0) is 15.1. The summed E-state index contributed by atoms with van der Waals surface area (Å²) in [4.78, 5) is 8.70. The van der Waals surface area contributed by atoms with E-state index in [1.165, 1.54) is 0 Å². The zero-order valence-corrected chi connectivity index (χ0v) is 12.4. The van der Waals surface area contributed by atoms with Crippen LogP contribution in [0, 0.1) is 6.92 Å². The number of nitrogens with one attached hydrogen (secondary N) is 2. The van der Waals surface area contributed by atoms with Gasteiger partial charge in [0.05, 0.1) is 7.11 Å². The summed E-state index contributed by atoms with van der Waals surface area (Å²) in [5.74, 6) is 3.17. The Morgan fingerprint density at radius 3 is 2.43 bits per heavy atom. The quantitative estimate of drug-likeness (QED) is 0.765. The first-order chi connectivity index (χ1) is 10.2. The molecule has 2 aromatic rings. The maximum atomic E-state index is 5.14. The number of hydrogen-bond acceptors (Lipinski definition) is 5. The van der Waals surface area contributed by atoms with Gasteiger partial charge in [0, 0.05) is 19.2 Å². The van der Waals surface area contributed by atoms with Crippen LogP contribution in [0.4, 0.5) is 11.6 Å². The molecule has 5 nitrogen and oxygen atoms in total. The fourth-order valence-electron chi connectivity index (χ4n) is 1.86. The minimum atomic E-state index is 0.675. The minimum absolute atomic E-state index is 0.675. The van der Waals surface area contributed by atoms with E-state index in [2.05, 4.69) is 27.2 Å². The van der Waals surface area contributed by atoms with Gasteiger partial charge in [-0.05, 0) is 24.6 Å². The molecule has 2 N–H and O–H groups in total. The van der Waals surface area contributed by atoms with E-state index >= 15 is 0 Å². The molecule has 0 amide bonds. The summed E-state index contributed by atoms with van der Waals surface area (Å²) in [5.41, 5.74) is 1.16. The Hall–Kier alpha value is -2.56.